The largest absolute Gasteiger partial charge is 0.0953 e. The van der Waals surface area contributed by atoms with Crippen LogP contribution in [0.2, 0.25) is 0 Å². The molecule has 90 valence electrons. The van der Waals surface area contributed by atoms with Crippen LogP contribution in [0, 0.1) is 0 Å². The zero-order valence-electron chi connectivity index (χ0n) is 11.2. The summed E-state index contributed by atoms with van der Waals surface area (Å²) in [6, 6.07) is 0. The van der Waals surface area contributed by atoms with Crippen molar-refractivity contribution in [2.45, 2.75) is 65.7 Å². The second-order valence-corrected chi connectivity index (χ2v) is 4.87. The third-order valence-corrected chi connectivity index (χ3v) is 3.61. The molecule has 0 fully saturated rings. The molecule has 0 unspecified atom stereocenters. The van der Waals surface area contributed by atoms with E-state index in [1.165, 1.54) is 49.7 Å². The van der Waals surface area contributed by atoms with E-state index in [0.29, 0.717) is 0 Å². The summed E-state index contributed by atoms with van der Waals surface area (Å²) in [7, 11) is 0. The second-order valence-electron chi connectivity index (χ2n) is 4.87. The fourth-order valence-corrected chi connectivity index (χ4v) is 2.41. The van der Waals surface area contributed by atoms with Gasteiger partial charge in [-0.2, -0.15) is 0 Å². The molecule has 0 aromatic carbocycles. The summed E-state index contributed by atoms with van der Waals surface area (Å²) in [6.45, 7) is 10.9. The standard InChI is InChI=1S/C16H26/c1-5-7-9-13(3)14(4)12-16-11-8-10-15(16)6-2/h9H,4-8,10-12H2,1-3H3/b13-9+. The number of hydrogen-bond acceptors (Lipinski definition) is 0. The van der Waals surface area contributed by atoms with Gasteiger partial charge in [0.1, 0.15) is 0 Å². The normalized spacial score (nSPS) is 17.1. The molecule has 1 rings (SSSR count). The molecule has 0 nitrogen and oxygen atoms in total. The van der Waals surface area contributed by atoms with Crippen molar-refractivity contribution in [3.8, 4) is 0 Å². The van der Waals surface area contributed by atoms with Gasteiger partial charge in [-0.15, -0.1) is 0 Å². The number of allylic oxidation sites excluding steroid dienone is 5. The van der Waals surface area contributed by atoms with E-state index in [2.05, 4.69) is 33.4 Å². The van der Waals surface area contributed by atoms with E-state index in [9.17, 15) is 0 Å². The lowest BCUT2D eigenvalue weighted by atomic mass is 9.97. The SMILES string of the molecule is C=C(CC1=C(CC)CCC1)/C(C)=C/CCC. The zero-order valence-corrected chi connectivity index (χ0v) is 11.2. The van der Waals surface area contributed by atoms with Gasteiger partial charge in [0.15, 0.2) is 0 Å². The first-order valence-corrected chi connectivity index (χ1v) is 6.73. The highest BCUT2D eigenvalue weighted by Crippen LogP contribution is 2.33. The second kappa shape index (κ2) is 6.73. The smallest absolute Gasteiger partial charge is 0.00678 e. The van der Waals surface area contributed by atoms with Gasteiger partial charge in [0.2, 0.25) is 0 Å². The highest BCUT2D eigenvalue weighted by molar-refractivity contribution is 5.33. The topological polar surface area (TPSA) is 0 Å². The van der Waals surface area contributed by atoms with Crippen molar-refractivity contribution in [1.82, 2.24) is 0 Å². The van der Waals surface area contributed by atoms with Gasteiger partial charge in [-0.25, -0.2) is 0 Å². The van der Waals surface area contributed by atoms with Gasteiger partial charge >= 0.3 is 0 Å². The van der Waals surface area contributed by atoms with Crippen LogP contribution in [0.4, 0.5) is 0 Å². The molecule has 0 spiro atoms. The van der Waals surface area contributed by atoms with E-state index in [4.69, 9.17) is 0 Å². The van der Waals surface area contributed by atoms with Crippen LogP contribution in [0.15, 0.2) is 34.9 Å². The molecule has 0 N–H and O–H groups in total. The molecular weight excluding hydrogens is 192 g/mol. The van der Waals surface area contributed by atoms with Crippen molar-refractivity contribution in [3.05, 3.63) is 34.9 Å². The Morgan fingerprint density at radius 1 is 1.25 bits per heavy atom. The predicted octanol–water partition coefficient (Wildman–Crippen LogP) is 5.57. The minimum absolute atomic E-state index is 1.12. The molecular formula is C16H26. The van der Waals surface area contributed by atoms with Gasteiger partial charge in [-0.3, -0.25) is 0 Å². The number of unbranched alkanes of at least 4 members (excludes halogenated alkanes) is 1. The molecule has 0 heterocycles. The highest BCUT2D eigenvalue weighted by atomic mass is 14.2. The minimum atomic E-state index is 1.12. The van der Waals surface area contributed by atoms with Gasteiger partial charge in [-0.1, -0.05) is 49.6 Å². The average molecular weight is 218 g/mol. The maximum atomic E-state index is 4.24. The molecule has 0 bridgehead atoms. The van der Waals surface area contributed by atoms with Gasteiger partial charge in [0.25, 0.3) is 0 Å². The van der Waals surface area contributed by atoms with Crippen LogP contribution < -0.4 is 0 Å². The third-order valence-electron chi connectivity index (χ3n) is 3.61. The Labute approximate surface area is 101 Å². The van der Waals surface area contributed by atoms with Crippen LogP contribution in [-0.4, -0.2) is 0 Å². The highest BCUT2D eigenvalue weighted by Gasteiger charge is 2.13. The molecule has 1 aliphatic carbocycles. The molecule has 16 heavy (non-hydrogen) atoms. The number of rotatable bonds is 6. The zero-order chi connectivity index (χ0) is 12.0. The van der Waals surface area contributed by atoms with Gasteiger partial charge in [0.05, 0.1) is 0 Å². The lowest BCUT2D eigenvalue weighted by Crippen LogP contribution is -1.89. The fourth-order valence-electron chi connectivity index (χ4n) is 2.41. The Morgan fingerprint density at radius 3 is 2.56 bits per heavy atom. The van der Waals surface area contributed by atoms with Crippen molar-refractivity contribution in [3.63, 3.8) is 0 Å². The van der Waals surface area contributed by atoms with Gasteiger partial charge in [-0.05, 0) is 51.0 Å². The summed E-state index contributed by atoms with van der Waals surface area (Å²) >= 11 is 0. The average Bonchev–Trinajstić information content (AvgIpc) is 2.72. The fraction of sp³-hybridized carbons (Fsp3) is 0.625. The Balaban J connectivity index is 2.57. The summed E-state index contributed by atoms with van der Waals surface area (Å²) in [5, 5.41) is 0. The molecule has 0 saturated carbocycles. The van der Waals surface area contributed by atoms with E-state index in [-0.39, 0.29) is 0 Å². The summed E-state index contributed by atoms with van der Waals surface area (Å²) in [4.78, 5) is 0. The molecule has 0 saturated heterocycles. The maximum absolute atomic E-state index is 4.24. The van der Waals surface area contributed by atoms with Gasteiger partial charge in [0, 0.05) is 0 Å². The summed E-state index contributed by atoms with van der Waals surface area (Å²) in [6.07, 6.45) is 11.1. The van der Waals surface area contributed by atoms with E-state index in [1.807, 2.05) is 0 Å². The first-order valence-electron chi connectivity index (χ1n) is 6.73. The van der Waals surface area contributed by atoms with E-state index in [1.54, 1.807) is 11.1 Å². The van der Waals surface area contributed by atoms with Crippen molar-refractivity contribution < 1.29 is 0 Å². The Kier molecular flexibility index (Phi) is 5.59. The van der Waals surface area contributed by atoms with Crippen LogP contribution >= 0.6 is 0 Å². The van der Waals surface area contributed by atoms with Crippen molar-refractivity contribution >= 4 is 0 Å². The first-order chi connectivity index (χ1) is 7.69. The van der Waals surface area contributed by atoms with Crippen LogP contribution in [0.3, 0.4) is 0 Å². The molecule has 0 atom stereocenters. The maximum Gasteiger partial charge on any atom is -0.00678 e. The predicted molar refractivity (Wildman–Crippen MR) is 73.6 cm³/mol. The van der Waals surface area contributed by atoms with Crippen molar-refractivity contribution in [1.29, 1.82) is 0 Å². The van der Waals surface area contributed by atoms with Crippen LogP contribution in [0.1, 0.15) is 65.7 Å². The summed E-state index contributed by atoms with van der Waals surface area (Å²) in [5.41, 5.74) is 6.11. The number of hydrogen-bond donors (Lipinski definition) is 0. The summed E-state index contributed by atoms with van der Waals surface area (Å²) < 4.78 is 0. The Bertz CT molecular complexity index is 302. The molecule has 1 aliphatic rings. The van der Waals surface area contributed by atoms with Crippen LogP contribution in [0.5, 0.6) is 0 Å². The van der Waals surface area contributed by atoms with Crippen molar-refractivity contribution in [2.24, 2.45) is 0 Å². The Hall–Kier alpha value is -0.780. The molecule has 0 heteroatoms. The van der Waals surface area contributed by atoms with Gasteiger partial charge < -0.3 is 0 Å². The molecule has 0 amide bonds. The van der Waals surface area contributed by atoms with Crippen LogP contribution in [0.25, 0.3) is 0 Å². The van der Waals surface area contributed by atoms with E-state index >= 15 is 0 Å². The molecule has 0 aromatic rings. The molecule has 0 radical (unpaired) electrons. The molecule has 0 aliphatic heterocycles. The van der Waals surface area contributed by atoms with Crippen molar-refractivity contribution in [2.75, 3.05) is 0 Å². The van der Waals surface area contributed by atoms with Crippen LogP contribution in [-0.2, 0) is 0 Å². The monoisotopic (exact) mass is 218 g/mol. The summed E-state index contributed by atoms with van der Waals surface area (Å²) in [5.74, 6) is 0. The first kappa shape index (κ1) is 13.3. The Morgan fingerprint density at radius 2 is 1.94 bits per heavy atom. The third kappa shape index (κ3) is 3.66. The molecule has 0 aromatic heterocycles. The minimum Gasteiger partial charge on any atom is -0.0953 e. The lowest BCUT2D eigenvalue weighted by Gasteiger charge is -2.09. The lowest BCUT2D eigenvalue weighted by molar-refractivity contribution is 0.867. The quantitative estimate of drug-likeness (QED) is 0.404. The van der Waals surface area contributed by atoms with E-state index in [0.717, 1.165) is 6.42 Å². The van der Waals surface area contributed by atoms with E-state index < -0.39 is 0 Å².